The molecule has 1 aliphatic rings. The molecule has 2 rings (SSSR count). The second-order valence-corrected chi connectivity index (χ2v) is 7.16. The molecule has 0 radical (unpaired) electrons. The molecule has 1 fully saturated rings. The van der Waals surface area contributed by atoms with Crippen LogP contribution in [-0.2, 0) is 14.3 Å². The summed E-state index contributed by atoms with van der Waals surface area (Å²) in [5.41, 5.74) is 1.77. The summed E-state index contributed by atoms with van der Waals surface area (Å²) in [6.07, 6.45) is 5.84. The molecule has 1 aliphatic carbocycles. The van der Waals surface area contributed by atoms with E-state index in [1.165, 1.54) is 13.5 Å². The maximum absolute atomic E-state index is 12.4. The lowest BCUT2D eigenvalue weighted by atomic mass is 9.95. The molecule has 0 bridgehead atoms. The highest BCUT2D eigenvalue weighted by Gasteiger charge is 2.23. The summed E-state index contributed by atoms with van der Waals surface area (Å²) in [4.78, 5) is 39.6. The second kappa shape index (κ2) is 10.8. The fraction of sp³-hybridized carbons (Fsp3) is 0.650. The highest BCUT2D eigenvalue weighted by Crippen LogP contribution is 2.19. The zero-order chi connectivity index (χ0) is 20.5. The predicted octanol–water partition coefficient (Wildman–Crippen LogP) is 2.00. The van der Waals surface area contributed by atoms with E-state index in [0.29, 0.717) is 29.1 Å². The van der Waals surface area contributed by atoms with Gasteiger partial charge in [0.1, 0.15) is 12.3 Å². The van der Waals surface area contributed by atoms with E-state index < -0.39 is 5.97 Å². The van der Waals surface area contributed by atoms with Crippen molar-refractivity contribution in [2.75, 3.05) is 26.9 Å². The van der Waals surface area contributed by atoms with Crippen molar-refractivity contribution in [1.82, 2.24) is 15.6 Å². The molecule has 0 spiro atoms. The summed E-state index contributed by atoms with van der Waals surface area (Å²) >= 11 is 0. The molecule has 28 heavy (non-hydrogen) atoms. The number of methoxy groups -OCH3 is 1. The highest BCUT2D eigenvalue weighted by atomic mass is 16.6. The molecule has 0 atom stereocenters. The number of nitrogens with one attached hydrogen (secondary N) is 3. The van der Waals surface area contributed by atoms with Gasteiger partial charge < -0.3 is 25.1 Å². The number of rotatable bonds is 9. The van der Waals surface area contributed by atoms with E-state index in [-0.39, 0.29) is 37.4 Å². The lowest BCUT2D eigenvalue weighted by molar-refractivity contribution is -0.121. The maximum Gasteiger partial charge on any atom is 0.340 e. The Morgan fingerprint density at radius 3 is 2.50 bits per heavy atom. The van der Waals surface area contributed by atoms with E-state index >= 15 is 0 Å². The van der Waals surface area contributed by atoms with Crippen LogP contribution in [0.4, 0.5) is 0 Å². The number of carbonyl (C=O) groups is 3. The largest absolute Gasteiger partial charge is 0.460 e. The Bertz CT molecular complexity index is 692. The van der Waals surface area contributed by atoms with Crippen LogP contribution in [0.1, 0.15) is 70.6 Å². The van der Waals surface area contributed by atoms with Gasteiger partial charge in [-0.05, 0) is 32.3 Å². The van der Waals surface area contributed by atoms with Gasteiger partial charge in [-0.3, -0.25) is 9.59 Å². The van der Waals surface area contributed by atoms with Crippen molar-refractivity contribution in [3.63, 3.8) is 0 Å². The topological polar surface area (TPSA) is 110 Å². The van der Waals surface area contributed by atoms with Gasteiger partial charge in [-0.2, -0.15) is 0 Å². The van der Waals surface area contributed by atoms with Gasteiger partial charge in [0, 0.05) is 31.8 Å². The highest BCUT2D eigenvalue weighted by molar-refractivity contribution is 6.00. The van der Waals surface area contributed by atoms with Crippen molar-refractivity contribution in [2.24, 2.45) is 0 Å². The van der Waals surface area contributed by atoms with Crippen molar-refractivity contribution in [3.05, 3.63) is 22.5 Å². The first-order chi connectivity index (χ1) is 13.4. The normalized spacial score (nSPS) is 14.5. The number of aromatic amines is 1. The van der Waals surface area contributed by atoms with Crippen LogP contribution >= 0.6 is 0 Å². The molecule has 0 aliphatic heterocycles. The summed E-state index contributed by atoms with van der Waals surface area (Å²) in [6, 6.07) is 0.261. The van der Waals surface area contributed by atoms with Crippen LogP contribution in [0, 0.1) is 13.8 Å². The van der Waals surface area contributed by atoms with Crippen molar-refractivity contribution in [3.8, 4) is 0 Å². The number of aromatic nitrogens is 1. The Hall–Kier alpha value is -2.35. The van der Waals surface area contributed by atoms with E-state index in [1.54, 1.807) is 13.8 Å². The first-order valence-electron chi connectivity index (χ1n) is 9.86. The van der Waals surface area contributed by atoms with Gasteiger partial charge in [-0.1, -0.05) is 19.3 Å². The second-order valence-electron chi connectivity index (χ2n) is 7.16. The first-order valence-corrected chi connectivity index (χ1v) is 9.86. The Morgan fingerprint density at radius 1 is 1.11 bits per heavy atom. The molecule has 0 aromatic carbocycles. The lowest BCUT2D eigenvalue weighted by Gasteiger charge is -2.22. The molecule has 8 nitrogen and oxygen atoms in total. The number of aryl methyl sites for hydroxylation is 1. The standard InChI is InChI=1S/C20H31N3O5/c1-13-17(20(26)28-12-11-27-3)14(2)22-18(13)19(25)21-10-9-16(24)23-15-7-5-4-6-8-15/h15,22H,4-12H2,1-3H3,(H,21,25)(H,23,24). The van der Waals surface area contributed by atoms with E-state index in [0.717, 1.165) is 25.7 Å². The van der Waals surface area contributed by atoms with E-state index in [1.807, 2.05) is 0 Å². The number of carbonyl (C=O) groups excluding carboxylic acids is 3. The van der Waals surface area contributed by atoms with Crippen molar-refractivity contribution in [2.45, 2.75) is 58.4 Å². The van der Waals surface area contributed by atoms with Gasteiger partial charge in [0.2, 0.25) is 5.91 Å². The fourth-order valence-electron chi connectivity index (χ4n) is 3.50. The zero-order valence-corrected chi connectivity index (χ0v) is 17.0. The quantitative estimate of drug-likeness (QED) is 0.439. The van der Waals surface area contributed by atoms with Crippen LogP contribution in [-0.4, -0.2) is 55.7 Å². The minimum atomic E-state index is -0.491. The van der Waals surface area contributed by atoms with Crippen LogP contribution in [0.25, 0.3) is 0 Å². The van der Waals surface area contributed by atoms with Gasteiger partial charge in [0.15, 0.2) is 0 Å². The van der Waals surface area contributed by atoms with Crippen LogP contribution in [0.5, 0.6) is 0 Å². The maximum atomic E-state index is 12.4. The number of hydrogen-bond donors (Lipinski definition) is 3. The van der Waals surface area contributed by atoms with Crippen molar-refractivity contribution in [1.29, 1.82) is 0 Å². The van der Waals surface area contributed by atoms with Gasteiger partial charge in [-0.15, -0.1) is 0 Å². The van der Waals surface area contributed by atoms with E-state index in [4.69, 9.17) is 9.47 Å². The first kappa shape index (κ1) is 21.9. The summed E-state index contributed by atoms with van der Waals surface area (Å²) in [7, 11) is 1.53. The molecule has 1 aromatic heterocycles. The Kier molecular flexibility index (Phi) is 8.50. The minimum Gasteiger partial charge on any atom is -0.460 e. The third-order valence-corrected chi connectivity index (χ3v) is 5.00. The Balaban J connectivity index is 1.84. The molecular formula is C20H31N3O5. The number of hydrogen-bond acceptors (Lipinski definition) is 5. The molecule has 1 saturated carbocycles. The third-order valence-electron chi connectivity index (χ3n) is 5.00. The van der Waals surface area contributed by atoms with Crippen LogP contribution in [0.2, 0.25) is 0 Å². The third kappa shape index (κ3) is 6.09. The Morgan fingerprint density at radius 2 is 1.82 bits per heavy atom. The van der Waals surface area contributed by atoms with Gasteiger partial charge in [-0.25, -0.2) is 4.79 Å². The molecule has 156 valence electrons. The Labute approximate surface area is 165 Å². The van der Waals surface area contributed by atoms with Gasteiger partial charge >= 0.3 is 5.97 Å². The number of ether oxygens (including phenoxy) is 2. The average Bonchev–Trinajstić information content (AvgIpc) is 2.97. The molecule has 2 amide bonds. The molecule has 0 saturated heterocycles. The van der Waals surface area contributed by atoms with Gasteiger partial charge in [0.05, 0.1) is 12.2 Å². The average molecular weight is 393 g/mol. The molecular weight excluding hydrogens is 362 g/mol. The lowest BCUT2D eigenvalue weighted by Crippen LogP contribution is -2.38. The summed E-state index contributed by atoms with van der Waals surface area (Å²) < 4.78 is 10.0. The predicted molar refractivity (Wildman–Crippen MR) is 104 cm³/mol. The number of esters is 1. The molecule has 0 unspecified atom stereocenters. The summed E-state index contributed by atoms with van der Waals surface area (Å²) in [5.74, 6) is -0.884. The van der Waals surface area contributed by atoms with Crippen LogP contribution in [0.3, 0.4) is 0 Å². The monoisotopic (exact) mass is 393 g/mol. The summed E-state index contributed by atoms with van der Waals surface area (Å²) in [5, 5.41) is 5.76. The number of H-pyrrole nitrogens is 1. The smallest absolute Gasteiger partial charge is 0.340 e. The summed E-state index contributed by atoms with van der Waals surface area (Å²) in [6.45, 7) is 4.11. The minimum absolute atomic E-state index is 0.0472. The van der Waals surface area contributed by atoms with E-state index in [9.17, 15) is 14.4 Å². The molecule has 1 aromatic rings. The zero-order valence-electron chi connectivity index (χ0n) is 17.0. The van der Waals surface area contributed by atoms with Gasteiger partial charge in [0.25, 0.3) is 5.91 Å². The van der Waals surface area contributed by atoms with Crippen LogP contribution in [0.15, 0.2) is 0 Å². The molecule has 8 heteroatoms. The molecule has 3 N–H and O–H groups in total. The fourth-order valence-corrected chi connectivity index (χ4v) is 3.50. The van der Waals surface area contributed by atoms with Crippen molar-refractivity contribution >= 4 is 17.8 Å². The SMILES string of the molecule is COCCOC(=O)c1c(C)[nH]c(C(=O)NCCC(=O)NC2CCCCC2)c1C. The van der Waals surface area contributed by atoms with Crippen molar-refractivity contribution < 1.29 is 23.9 Å². The molecule has 1 heterocycles. The van der Waals surface area contributed by atoms with Crippen LogP contribution < -0.4 is 10.6 Å². The van der Waals surface area contributed by atoms with E-state index in [2.05, 4.69) is 15.6 Å². The number of amides is 2.